The van der Waals surface area contributed by atoms with Crippen molar-refractivity contribution in [2.75, 3.05) is 13.7 Å². The lowest BCUT2D eigenvalue weighted by Crippen LogP contribution is -2.37. The molecule has 30 heavy (non-hydrogen) atoms. The molecule has 0 fully saturated rings. The zero-order valence-electron chi connectivity index (χ0n) is 19.1. The molecule has 1 heterocycles. The van der Waals surface area contributed by atoms with Crippen LogP contribution in [0.25, 0.3) is 10.9 Å². The Kier molecular flexibility index (Phi) is 8.07. The first-order valence-electron chi connectivity index (χ1n) is 10.8. The summed E-state index contributed by atoms with van der Waals surface area (Å²) in [6.07, 6.45) is 3.03. The van der Waals surface area contributed by atoms with E-state index in [1.165, 1.54) is 7.11 Å². The average molecular weight is 418 g/mol. The molecule has 2 rings (SSSR count). The molecule has 6 nitrogen and oxygen atoms in total. The number of carbonyl (C=O) groups excluding carboxylic acids is 1. The minimum Gasteiger partial charge on any atom is -0.479 e. The summed E-state index contributed by atoms with van der Waals surface area (Å²) in [6, 6.07) is 5.52. The van der Waals surface area contributed by atoms with Gasteiger partial charge in [-0.3, -0.25) is 0 Å². The maximum absolute atomic E-state index is 12.8. The Labute approximate surface area is 179 Å². The highest BCUT2D eigenvalue weighted by molar-refractivity contribution is 6.06. The number of benzene rings is 1. The number of carbonyl (C=O) groups is 2. The fraction of sp³-hybridized carbons (Fsp3) is 0.583. The predicted octanol–water partition coefficient (Wildman–Crippen LogP) is 5.29. The third-order valence-electron chi connectivity index (χ3n) is 5.64. The van der Waals surface area contributed by atoms with Crippen LogP contribution in [-0.4, -0.2) is 35.3 Å². The van der Waals surface area contributed by atoms with Crippen molar-refractivity contribution >= 4 is 22.8 Å². The summed E-state index contributed by atoms with van der Waals surface area (Å²) in [5.41, 5.74) is 1.34. The second-order valence-corrected chi connectivity index (χ2v) is 8.21. The molecule has 1 aromatic carbocycles. The average Bonchev–Trinajstić information content (AvgIpc) is 2.96. The number of fused-ring (bicyclic) bond motifs is 1. The second-order valence-electron chi connectivity index (χ2n) is 8.21. The zero-order valence-corrected chi connectivity index (χ0v) is 19.1. The lowest BCUT2D eigenvalue weighted by molar-refractivity contribution is -0.165. The first kappa shape index (κ1) is 23.9. The number of carboxylic acid groups (broad SMARTS) is 1. The molecule has 1 atom stereocenters. The largest absolute Gasteiger partial charge is 0.479 e. The maximum atomic E-state index is 12.8. The minimum atomic E-state index is -1.44. The number of methoxy groups -OCH3 is 1. The van der Waals surface area contributed by atoms with Gasteiger partial charge in [-0.2, -0.15) is 0 Å². The third kappa shape index (κ3) is 4.53. The number of hydrogen-bond acceptors (Lipinski definition) is 4. The molecule has 1 N–H and O–H groups in total. The van der Waals surface area contributed by atoms with Crippen molar-refractivity contribution in [3.8, 4) is 0 Å². The van der Waals surface area contributed by atoms with Gasteiger partial charge < -0.3 is 19.1 Å². The highest BCUT2D eigenvalue weighted by Gasteiger charge is 2.40. The van der Waals surface area contributed by atoms with Gasteiger partial charge in [0.2, 0.25) is 0 Å². The number of aromatic nitrogens is 1. The summed E-state index contributed by atoms with van der Waals surface area (Å²) >= 11 is 0. The van der Waals surface area contributed by atoms with Crippen LogP contribution in [0.2, 0.25) is 0 Å². The molecule has 0 aliphatic rings. The van der Waals surface area contributed by atoms with Crippen LogP contribution in [0.3, 0.4) is 0 Å². The molecule has 6 heteroatoms. The van der Waals surface area contributed by atoms with E-state index < -0.39 is 11.6 Å². The number of carboxylic acids is 1. The zero-order chi connectivity index (χ0) is 22.5. The molecule has 0 aliphatic carbocycles. The van der Waals surface area contributed by atoms with Gasteiger partial charge in [0.15, 0.2) is 5.60 Å². The van der Waals surface area contributed by atoms with Crippen LogP contribution in [-0.2, 0) is 26.4 Å². The second kappa shape index (κ2) is 10.1. The van der Waals surface area contributed by atoms with Gasteiger partial charge in [0.25, 0.3) is 0 Å². The van der Waals surface area contributed by atoms with Crippen LogP contribution in [0.5, 0.6) is 0 Å². The highest BCUT2D eigenvalue weighted by atomic mass is 16.5. The van der Waals surface area contributed by atoms with Crippen molar-refractivity contribution < 1.29 is 24.2 Å². The van der Waals surface area contributed by atoms with Gasteiger partial charge in [-0.1, -0.05) is 39.7 Å². The van der Waals surface area contributed by atoms with Crippen LogP contribution < -0.4 is 0 Å². The van der Waals surface area contributed by atoms with Gasteiger partial charge in [0.05, 0.1) is 12.2 Å². The number of rotatable bonds is 11. The van der Waals surface area contributed by atoms with Crippen LogP contribution in [0.1, 0.15) is 75.0 Å². The fourth-order valence-electron chi connectivity index (χ4n) is 4.10. The van der Waals surface area contributed by atoms with E-state index in [1.54, 1.807) is 13.0 Å². The number of nitrogens with zero attached hydrogens (tertiary/aromatic N) is 1. The Morgan fingerprint density at radius 1 is 1.20 bits per heavy atom. The minimum absolute atomic E-state index is 0.281. The van der Waals surface area contributed by atoms with Gasteiger partial charge in [0.1, 0.15) is 0 Å². The number of esters is 1. The summed E-state index contributed by atoms with van der Waals surface area (Å²) in [6.45, 7) is 11.0. The fourth-order valence-corrected chi connectivity index (χ4v) is 4.10. The molecule has 1 unspecified atom stereocenters. The van der Waals surface area contributed by atoms with E-state index >= 15 is 0 Å². The number of unbranched alkanes of at least 4 members (excludes halogenated alkanes) is 2. The molecular formula is C24H35NO5. The molecule has 0 radical (unpaired) electrons. The first-order valence-corrected chi connectivity index (χ1v) is 10.8. The van der Waals surface area contributed by atoms with Gasteiger partial charge in [-0.05, 0) is 50.3 Å². The van der Waals surface area contributed by atoms with Gasteiger partial charge in [-0.15, -0.1) is 0 Å². The molecular weight excluding hydrogens is 382 g/mol. The Hall–Kier alpha value is -2.34. The normalized spacial score (nSPS) is 13.6. The van der Waals surface area contributed by atoms with E-state index in [9.17, 15) is 14.7 Å². The molecule has 2 aromatic rings. The van der Waals surface area contributed by atoms with Crippen molar-refractivity contribution in [1.82, 2.24) is 4.57 Å². The summed E-state index contributed by atoms with van der Waals surface area (Å²) in [5.74, 6) is -1.01. The van der Waals surface area contributed by atoms with Crippen LogP contribution in [0.4, 0.5) is 0 Å². The summed E-state index contributed by atoms with van der Waals surface area (Å²) in [7, 11) is 1.44. The molecule has 166 valence electrons. The Bertz CT molecular complexity index is 899. The maximum Gasteiger partial charge on any atom is 0.340 e. The summed E-state index contributed by atoms with van der Waals surface area (Å²) in [4.78, 5) is 25.1. The predicted molar refractivity (Wildman–Crippen MR) is 118 cm³/mol. The molecule has 0 saturated carbocycles. The lowest BCUT2D eigenvalue weighted by Gasteiger charge is -2.29. The van der Waals surface area contributed by atoms with Crippen molar-refractivity contribution in [1.29, 1.82) is 0 Å². The van der Waals surface area contributed by atoms with Crippen LogP contribution >= 0.6 is 0 Å². The van der Waals surface area contributed by atoms with E-state index in [1.807, 2.05) is 19.1 Å². The Morgan fingerprint density at radius 2 is 1.90 bits per heavy atom. The smallest absolute Gasteiger partial charge is 0.340 e. The molecule has 1 aromatic heterocycles. The molecule has 0 aliphatic heterocycles. The van der Waals surface area contributed by atoms with E-state index in [0.29, 0.717) is 28.9 Å². The summed E-state index contributed by atoms with van der Waals surface area (Å²) < 4.78 is 13.0. The van der Waals surface area contributed by atoms with Crippen molar-refractivity contribution in [3.05, 3.63) is 35.0 Å². The lowest BCUT2D eigenvalue weighted by atomic mass is 9.87. The van der Waals surface area contributed by atoms with Crippen LogP contribution in [0, 0.1) is 12.8 Å². The monoisotopic (exact) mass is 417 g/mol. The van der Waals surface area contributed by atoms with Gasteiger partial charge in [-0.25, -0.2) is 9.59 Å². The standard InChI is InChI=1S/C24H35NO5/c1-7-9-10-13-24(29-6,23(27)28)18-11-12-20-19(14-18)21(22(26)30-8-2)17(5)25(20)15-16(3)4/h11-12,14,16H,7-10,13,15H2,1-6H3,(H,27,28). The van der Waals surface area contributed by atoms with Crippen molar-refractivity contribution in [3.63, 3.8) is 0 Å². The Balaban J connectivity index is 2.72. The molecule has 0 saturated heterocycles. The van der Waals surface area contributed by atoms with E-state index in [2.05, 4.69) is 25.3 Å². The van der Waals surface area contributed by atoms with Crippen LogP contribution in [0.15, 0.2) is 18.2 Å². The SMILES string of the molecule is CCCCCC(OC)(C(=O)O)c1ccc2c(c1)c(C(=O)OCC)c(C)n2CC(C)C. The van der Waals surface area contributed by atoms with Gasteiger partial charge >= 0.3 is 11.9 Å². The molecule has 0 amide bonds. The number of ether oxygens (including phenoxy) is 2. The van der Waals surface area contributed by atoms with Gasteiger partial charge in [0, 0.05) is 30.3 Å². The van der Waals surface area contributed by atoms with Crippen molar-refractivity contribution in [2.45, 2.75) is 72.4 Å². The number of aliphatic carboxylic acids is 1. The van der Waals surface area contributed by atoms with E-state index in [-0.39, 0.29) is 12.6 Å². The highest BCUT2D eigenvalue weighted by Crippen LogP contribution is 2.36. The third-order valence-corrected chi connectivity index (χ3v) is 5.64. The molecule has 0 spiro atoms. The van der Waals surface area contributed by atoms with Crippen molar-refractivity contribution in [2.24, 2.45) is 5.92 Å². The van der Waals surface area contributed by atoms with E-state index in [4.69, 9.17) is 9.47 Å². The number of hydrogen-bond donors (Lipinski definition) is 1. The Morgan fingerprint density at radius 3 is 2.43 bits per heavy atom. The summed E-state index contributed by atoms with van der Waals surface area (Å²) in [5, 5.41) is 10.8. The molecule has 0 bridgehead atoms. The topological polar surface area (TPSA) is 77.8 Å². The quantitative estimate of drug-likeness (QED) is 0.397. The first-order chi connectivity index (χ1) is 14.2. The van der Waals surface area contributed by atoms with E-state index in [0.717, 1.165) is 37.0 Å².